The molecule has 0 aromatic heterocycles. The van der Waals surface area contributed by atoms with E-state index in [0.717, 1.165) is 6.26 Å². The molecule has 0 aliphatic rings. The van der Waals surface area contributed by atoms with Crippen LogP contribution in [-0.4, -0.2) is 5.11 Å². The minimum atomic E-state index is 0.750. The lowest BCUT2D eigenvalue weighted by Crippen LogP contribution is -1.62. The molecule has 1 aromatic rings. The molecule has 54 valence electrons. The van der Waals surface area contributed by atoms with E-state index in [1.165, 1.54) is 5.56 Å². The van der Waals surface area contributed by atoms with Crippen molar-refractivity contribution < 1.29 is 5.11 Å². The number of aryl methyl sites for hydroxylation is 1. The van der Waals surface area contributed by atoms with Crippen molar-refractivity contribution in [2.45, 2.75) is 6.92 Å². The Morgan fingerprint density at radius 1 is 1.30 bits per heavy atom. The largest absolute Gasteiger partial charge is 0.516 e. The van der Waals surface area contributed by atoms with Crippen LogP contribution < -0.4 is 0 Å². The van der Waals surface area contributed by atoms with Crippen LogP contribution >= 0.6 is 0 Å². The van der Waals surface area contributed by atoms with Crippen molar-refractivity contribution in [1.82, 2.24) is 0 Å². The summed E-state index contributed by atoms with van der Waals surface area (Å²) >= 11 is 0. The van der Waals surface area contributed by atoms with Crippen LogP contribution in [0, 0.1) is 6.92 Å². The van der Waals surface area contributed by atoms with Crippen molar-refractivity contribution >= 4 is 0 Å². The van der Waals surface area contributed by atoms with Crippen molar-refractivity contribution in [1.29, 1.82) is 0 Å². The van der Waals surface area contributed by atoms with Crippen molar-refractivity contribution in [3.8, 4) is 0 Å². The number of rotatable bonds is 0. The van der Waals surface area contributed by atoms with E-state index >= 15 is 0 Å². The molecule has 0 saturated heterocycles. The van der Waals surface area contributed by atoms with Crippen molar-refractivity contribution in [2.24, 2.45) is 0 Å². The summed E-state index contributed by atoms with van der Waals surface area (Å²) in [6.07, 6.45) is 0.750. The summed E-state index contributed by atoms with van der Waals surface area (Å²) in [6, 6.07) is 10.3. The molecule has 0 amide bonds. The lowest BCUT2D eigenvalue weighted by atomic mass is 10.2. The van der Waals surface area contributed by atoms with Gasteiger partial charge in [-0.3, -0.25) is 0 Å². The van der Waals surface area contributed by atoms with E-state index in [9.17, 15) is 0 Å². The van der Waals surface area contributed by atoms with Crippen LogP contribution in [0.1, 0.15) is 5.56 Å². The zero-order valence-corrected chi connectivity index (χ0v) is 6.12. The number of benzene rings is 1. The molecule has 10 heavy (non-hydrogen) atoms. The monoisotopic (exact) mass is 136 g/mol. The summed E-state index contributed by atoms with van der Waals surface area (Å²) in [6.45, 7) is 5.00. The molecule has 0 unspecified atom stereocenters. The minimum Gasteiger partial charge on any atom is -0.516 e. The Bertz CT molecular complexity index is 167. The summed E-state index contributed by atoms with van der Waals surface area (Å²) in [5.74, 6) is 0. The first-order valence-corrected chi connectivity index (χ1v) is 3.08. The van der Waals surface area contributed by atoms with Crippen LogP contribution in [0.15, 0.2) is 43.2 Å². The second kappa shape index (κ2) is 5.89. The normalized spacial score (nSPS) is 7.30. The molecule has 1 heteroatoms. The van der Waals surface area contributed by atoms with Crippen molar-refractivity contribution in [3.63, 3.8) is 0 Å². The van der Waals surface area contributed by atoms with Crippen LogP contribution in [0.25, 0.3) is 0 Å². The maximum absolute atomic E-state index is 7.33. The predicted molar refractivity (Wildman–Crippen MR) is 44.0 cm³/mol. The Labute approximate surface area is 61.6 Å². The maximum Gasteiger partial charge on any atom is 0.0719 e. The first-order chi connectivity index (χ1) is 4.81. The van der Waals surface area contributed by atoms with Crippen LogP contribution in [0.4, 0.5) is 0 Å². The Morgan fingerprint density at radius 3 is 1.90 bits per heavy atom. The number of aliphatic hydroxyl groups is 1. The van der Waals surface area contributed by atoms with Crippen LogP contribution in [0.5, 0.6) is 0 Å². The van der Waals surface area contributed by atoms with Gasteiger partial charge < -0.3 is 5.11 Å². The Morgan fingerprint density at radius 2 is 1.70 bits per heavy atom. The second-order valence-corrected chi connectivity index (χ2v) is 1.84. The molecule has 0 heterocycles. The van der Waals surface area contributed by atoms with E-state index < -0.39 is 0 Å². The summed E-state index contributed by atoms with van der Waals surface area (Å²) < 4.78 is 0. The molecule has 1 nitrogen and oxygen atoms in total. The number of hydrogen-bond acceptors (Lipinski definition) is 1. The average Bonchev–Trinajstić information content (AvgIpc) is 1.91. The van der Waals surface area contributed by atoms with E-state index in [4.69, 9.17) is 5.11 Å². The highest BCUT2D eigenvalue weighted by Crippen LogP contribution is 1.92. The third kappa shape index (κ3) is 4.91. The number of hydrogen-bond donors (Lipinski definition) is 1. The zero-order chi connectivity index (χ0) is 7.82. The van der Waals surface area contributed by atoms with Crippen LogP contribution in [-0.2, 0) is 0 Å². The molecule has 1 N–H and O–H groups in total. The maximum atomic E-state index is 7.33. The molecular weight excluding hydrogens is 124 g/mol. The Kier molecular flexibility index (Phi) is 5.16. The van der Waals surface area contributed by atoms with Crippen LogP contribution in [0.3, 0.4) is 0 Å². The Hall–Kier alpha value is -1.24. The molecule has 0 spiro atoms. The summed E-state index contributed by atoms with van der Waals surface area (Å²) in [5, 5.41) is 7.33. The fourth-order valence-electron chi connectivity index (χ4n) is 0.534. The standard InChI is InChI=1S/C7H8.C2H4O/c1-7-5-3-2-4-6-7;1-2-3/h2-6H,1H3;2-3H,1H2. The van der Waals surface area contributed by atoms with Crippen molar-refractivity contribution in [3.05, 3.63) is 48.7 Å². The molecule has 0 aliphatic heterocycles. The van der Waals surface area contributed by atoms with E-state index in [0.29, 0.717) is 0 Å². The van der Waals surface area contributed by atoms with Gasteiger partial charge in [0.1, 0.15) is 0 Å². The third-order valence-electron chi connectivity index (χ3n) is 0.940. The van der Waals surface area contributed by atoms with Crippen LogP contribution in [0.2, 0.25) is 0 Å². The summed E-state index contributed by atoms with van der Waals surface area (Å²) in [4.78, 5) is 0. The van der Waals surface area contributed by atoms with Gasteiger partial charge in [-0.05, 0) is 6.92 Å². The molecular formula is C9H12O. The predicted octanol–water partition coefficient (Wildman–Crippen LogP) is 2.68. The minimum absolute atomic E-state index is 0.750. The quantitative estimate of drug-likeness (QED) is 0.543. The molecule has 0 saturated carbocycles. The van der Waals surface area contributed by atoms with E-state index in [1.807, 2.05) is 18.2 Å². The molecule has 0 bridgehead atoms. The number of aliphatic hydroxyl groups excluding tert-OH is 1. The van der Waals surface area contributed by atoms with Gasteiger partial charge in [-0.25, -0.2) is 0 Å². The topological polar surface area (TPSA) is 20.2 Å². The fraction of sp³-hybridized carbons (Fsp3) is 0.111. The van der Waals surface area contributed by atoms with E-state index in [2.05, 4.69) is 25.6 Å². The van der Waals surface area contributed by atoms with Gasteiger partial charge in [0.15, 0.2) is 0 Å². The van der Waals surface area contributed by atoms with Gasteiger partial charge in [0.2, 0.25) is 0 Å². The van der Waals surface area contributed by atoms with Gasteiger partial charge in [-0.1, -0.05) is 42.5 Å². The zero-order valence-electron chi connectivity index (χ0n) is 6.12. The first kappa shape index (κ1) is 8.76. The lowest BCUT2D eigenvalue weighted by molar-refractivity contribution is 0.476. The third-order valence-corrected chi connectivity index (χ3v) is 0.940. The van der Waals surface area contributed by atoms with Gasteiger partial charge >= 0.3 is 0 Å². The SMILES string of the molecule is C=CO.Cc1ccccc1. The highest BCUT2D eigenvalue weighted by molar-refractivity contribution is 5.11. The van der Waals surface area contributed by atoms with E-state index in [1.54, 1.807) is 0 Å². The first-order valence-electron chi connectivity index (χ1n) is 3.08. The summed E-state index contributed by atoms with van der Waals surface area (Å²) in [7, 11) is 0. The molecule has 0 fully saturated rings. The van der Waals surface area contributed by atoms with Gasteiger partial charge in [-0.2, -0.15) is 0 Å². The molecule has 0 aliphatic carbocycles. The van der Waals surface area contributed by atoms with Gasteiger partial charge in [0.25, 0.3) is 0 Å². The molecule has 0 radical (unpaired) electrons. The Balaban J connectivity index is 0.000000236. The molecule has 1 aromatic carbocycles. The average molecular weight is 136 g/mol. The lowest BCUT2D eigenvalue weighted by Gasteiger charge is -1.82. The van der Waals surface area contributed by atoms with Gasteiger partial charge in [-0.15, -0.1) is 0 Å². The second-order valence-electron chi connectivity index (χ2n) is 1.84. The fourth-order valence-corrected chi connectivity index (χ4v) is 0.534. The smallest absolute Gasteiger partial charge is 0.0719 e. The van der Waals surface area contributed by atoms with Gasteiger partial charge in [0.05, 0.1) is 6.26 Å². The molecule has 0 atom stereocenters. The van der Waals surface area contributed by atoms with Gasteiger partial charge in [0, 0.05) is 0 Å². The summed E-state index contributed by atoms with van der Waals surface area (Å²) in [5.41, 5.74) is 1.32. The van der Waals surface area contributed by atoms with Crippen molar-refractivity contribution in [2.75, 3.05) is 0 Å². The molecule has 1 rings (SSSR count). The highest BCUT2D eigenvalue weighted by Gasteiger charge is 1.72. The highest BCUT2D eigenvalue weighted by atomic mass is 16.2. The van der Waals surface area contributed by atoms with E-state index in [-0.39, 0.29) is 0 Å².